The summed E-state index contributed by atoms with van der Waals surface area (Å²) in [5.74, 6) is -0.861. The number of aromatic nitrogens is 1. The van der Waals surface area contributed by atoms with E-state index in [1.54, 1.807) is 25.1 Å². The molecule has 0 saturated carbocycles. The number of carbonyl (C=O) groups is 2. The van der Waals surface area contributed by atoms with E-state index in [-0.39, 0.29) is 5.69 Å². The molecule has 1 unspecified atom stereocenters. The lowest BCUT2D eigenvalue weighted by atomic mass is 9.96. The second-order valence-electron chi connectivity index (χ2n) is 4.37. The summed E-state index contributed by atoms with van der Waals surface area (Å²) in [4.78, 5) is 28.0. The molecule has 0 spiro atoms. The van der Waals surface area contributed by atoms with Gasteiger partial charge < -0.3 is 10.1 Å². The van der Waals surface area contributed by atoms with Crippen molar-refractivity contribution < 1.29 is 14.3 Å². The molecule has 1 rings (SSSR count). The molecule has 1 aromatic rings. The second-order valence-corrected chi connectivity index (χ2v) is 5.19. The Bertz CT molecular complexity index is 479. The van der Waals surface area contributed by atoms with Gasteiger partial charge in [-0.3, -0.25) is 4.79 Å². The molecular weight excluding hydrogens is 312 g/mol. The second kappa shape index (κ2) is 6.65. The van der Waals surface area contributed by atoms with E-state index in [1.165, 1.54) is 7.11 Å². The van der Waals surface area contributed by atoms with E-state index in [0.29, 0.717) is 11.0 Å². The van der Waals surface area contributed by atoms with Crippen molar-refractivity contribution in [1.29, 1.82) is 0 Å². The first kappa shape index (κ1) is 15.6. The van der Waals surface area contributed by atoms with Crippen LogP contribution in [0.15, 0.2) is 22.8 Å². The first-order chi connectivity index (χ1) is 8.92. The minimum Gasteiger partial charge on any atom is -0.467 e. The maximum atomic E-state index is 12.1. The van der Waals surface area contributed by atoms with E-state index in [4.69, 9.17) is 4.74 Å². The summed E-state index contributed by atoms with van der Waals surface area (Å²) in [6.45, 7) is 3.59. The van der Waals surface area contributed by atoms with Gasteiger partial charge >= 0.3 is 5.97 Å². The van der Waals surface area contributed by atoms with E-state index in [0.717, 1.165) is 6.42 Å². The van der Waals surface area contributed by atoms with Crippen molar-refractivity contribution in [3.63, 3.8) is 0 Å². The van der Waals surface area contributed by atoms with Crippen LogP contribution in [0.4, 0.5) is 0 Å². The topological polar surface area (TPSA) is 68.3 Å². The number of nitrogens with one attached hydrogen (secondary N) is 1. The highest BCUT2D eigenvalue weighted by Crippen LogP contribution is 2.15. The molecule has 1 aromatic heterocycles. The summed E-state index contributed by atoms with van der Waals surface area (Å²) >= 11 is 3.20. The molecule has 1 heterocycles. The van der Waals surface area contributed by atoms with Crippen LogP contribution in [0.3, 0.4) is 0 Å². The summed E-state index contributed by atoms with van der Waals surface area (Å²) in [7, 11) is 1.31. The number of halogens is 1. The Morgan fingerprint density at radius 1 is 1.47 bits per heavy atom. The fourth-order valence-electron chi connectivity index (χ4n) is 1.79. The molecule has 0 bridgehead atoms. The number of nitrogens with zero attached hydrogens (tertiary/aromatic N) is 1. The van der Waals surface area contributed by atoms with Crippen molar-refractivity contribution in [2.45, 2.75) is 32.2 Å². The van der Waals surface area contributed by atoms with Crippen molar-refractivity contribution in [3.05, 3.63) is 28.5 Å². The molecule has 1 amide bonds. The van der Waals surface area contributed by atoms with Gasteiger partial charge in [0, 0.05) is 0 Å². The fourth-order valence-corrected chi connectivity index (χ4v) is 2.13. The first-order valence-corrected chi connectivity index (χ1v) is 6.75. The highest BCUT2D eigenvalue weighted by atomic mass is 79.9. The third kappa shape index (κ3) is 4.02. The van der Waals surface area contributed by atoms with Gasteiger partial charge in [-0.05, 0) is 41.4 Å². The third-order valence-electron chi connectivity index (χ3n) is 2.72. The Kier molecular flexibility index (Phi) is 5.47. The molecule has 1 N–H and O–H groups in total. The highest BCUT2D eigenvalue weighted by Gasteiger charge is 2.35. The van der Waals surface area contributed by atoms with Crippen molar-refractivity contribution in [1.82, 2.24) is 10.3 Å². The average molecular weight is 329 g/mol. The predicted molar refractivity (Wildman–Crippen MR) is 74.7 cm³/mol. The lowest BCUT2D eigenvalue weighted by molar-refractivity contribution is -0.147. The minimum atomic E-state index is -1.04. The zero-order chi connectivity index (χ0) is 14.5. The van der Waals surface area contributed by atoms with Crippen LogP contribution >= 0.6 is 15.9 Å². The molecule has 0 fully saturated rings. The van der Waals surface area contributed by atoms with Crippen LogP contribution in [0, 0.1) is 0 Å². The van der Waals surface area contributed by atoms with Gasteiger partial charge in [0.25, 0.3) is 5.91 Å². The van der Waals surface area contributed by atoms with Crippen LogP contribution in [0.25, 0.3) is 0 Å². The Morgan fingerprint density at radius 2 is 2.16 bits per heavy atom. The monoisotopic (exact) mass is 328 g/mol. The average Bonchev–Trinajstić information content (AvgIpc) is 2.37. The van der Waals surface area contributed by atoms with Gasteiger partial charge in [0.1, 0.15) is 15.8 Å². The van der Waals surface area contributed by atoms with Crippen LogP contribution in [0.1, 0.15) is 37.2 Å². The Labute approximate surface area is 120 Å². The molecule has 0 radical (unpaired) electrons. The predicted octanol–water partition coefficient (Wildman–Crippen LogP) is 2.31. The van der Waals surface area contributed by atoms with Crippen LogP contribution < -0.4 is 5.32 Å². The van der Waals surface area contributed by atoms with Gasteiger partial charge in [-0.25, -0.2) is 9.78 Å². The third-order valence-corrected chi connectivity index (χ3v) is 3.16. The van der Waals surface area contributed by atoms with Crippen LogP contribution in [-0.2, 0) is 9.53 Å². The summed E-state index contributed by atoms with van der Waals surface area (Å²) in [5, 5.41) is 2.69. The number of esters is 1. The minimum absolute atomic E-state index is 0.251. The molecule has 0 saturated heterocycles. The number of amides is 1. The number of hydrogen-bond donors (Lipinski definition) is 1. The summed E-state index contributed by atoms with van der Waals surface area (Å²) in [6, 6.07) is 5.02. The van der Waals surface area contributed by atoms with Crippen molar-refractivity contribution >= 4 is 27.8 Å². The molecule has 104 valence electrons. The summed E-state index contributed by atoms with van der Waals surface area (Å²) in [5.41, 5.74) is -0.787. The van der Waals surface area contributed by atoms with Gasteiger partial charge in [-0.1, -0.05) is 19.4 Å². The Hall–Kier alpha value is -1.43. The van der Waals surface area contributed by atoms with Crippen LogP contribution in [0.5, 0.6) is 0 Å². The quantitative estimate of drug-likeness (QED) is 0.665. The number of hydrogen-bond acceptors (Lipinski definition) is 4. The fraction of sp³-hybridized carbons (Fsp3) is 0.462. The molecule has 0 aliphatic carbocycles. The summed E-state index contributed by atoms with van der Waals surface area (Å²) < 4.78 is 5.31. The van der Waals surface area contributed by atoms with E-state index in [1.807, 2.05) is 6.92 Å². The van der Waals surface area contributed by atoms with Gasteiger partial charge in [-0.15, -0.1) is 0 Å². The lowest BCUT2D eigenvalue weighted by Crippen LogP contribution is -2.52. The largest absolute Gasteiger partial charge is 0.467 e. The van der Waals surface area contributed by atoms with E-state index in [9.17, 15) is 9.59 Å². The molecule has 1 atom stereocenters. The summed E-state index contributed by atoms with van der Waals surface area (Å²) in [6.07, 6.45) is 1.25. The van der Waals surface area contributed by atoms with Crippen molar-refractivity contribution in [2.75, 3.05) is 7.11 Å². The normalized spacial score (nSPS) is 13.5. The van der Waals surface area contributed by atoms with Crippen molar-refractivity contribution in [2.24, 2.45) is 0 Å². The SMILES string of the molecule is CCCC(C)(NC(=O)c1cccc(Br)n1)C(=O)OC. The number of rotatable bonds is 5. The number of ether oxygens (including phenoxy) is 1. The van der Waals surface area contributed by atoms with Gasteiger partial charge in [-0.2, -0.15) is 0 Å². The van der Waals surface area contributed by atoms with E-state index >= 15 is 0 Å². The lowest BCUT2D eigenvalue weighted by Gasteiger charge is -2.27. The zero-order valence-corrected chi connectivity index (χ0v) is 12.8. The number of carbonyl (C=O) groups excluding carboxylic acids is 2. The number of pyridine rings is 1. The van der Waals surface area contributed by atoms with Gasteiger partial charge in [0.05, 0.1) is 7.11 Å². The smallest absolute Gasteiger partial charge is 0.331 e. The van der Waals surface area contributed by atoms with Gasteiger partial charge in [0.15, 0.2) is 0 Å². The maximum absolute atomic E-state index is 12.1. The molecule has 0 aliphatic rings. The van der Waals surface area contributed by atoms with Crippen LogP contribution in [-0.4, -0.2) is 29.5 Å². The Balaban J connectivity index is 2.91. The molecule has 6 heteroatoms. The molecule has 0 aliphatic heterocycles. The first-order valence-electron chi connectivity index (χ1n) is 5.96. The zero-order valence-electron chi connectivity index (χ0n) is 11.2. The Morgan fingerprint density at radius 3 is 2.68 bits per heavy atom. The van der Waals surface area contributed by atoms with E-state index in [2.05, 4.69) is 26.2 Å². The number of methoxy groups -OCH3 is 1. The van der Waals surface area contributed by atoms with Crippen LogP contribution in [0.2, 0.25) is 0 Å². The van der Waals surface area contributed by atoms with E-state index < -0.39 is 17.4 Å². The highest BCUT2D eigenvalue weighted by molar-refractivity contribution is 9.10. The van der Waals surface area contributed by atoms with Crippen molar-refractivity contribution in [3.8, 4) is 0 Å². The maximum Gasteiger partial charge on any atom is 0.331 e. The van der Waals surface area contributed by atoms with Gasteiger partial charge in [0.2, 0.25) is 0 Å². The molecule has 19 heavy (non-hydrogen) atoms. The molecule has 5 nitrogen and oxygen atoms in total. The standard InChI is InChI=1S/C13H17BrN2O3/c1-4-8-13(2,12(18)19-3)16-11(17)9-6-5-7-10(14)15-9/h5-7H,4,8H2,1-3H3,(H,16,17). The molecule has 0 aromatic carbocycles. The molecular formula is C13H17BrN2O3.